The quantitative estimate of drug-likeness (QED) is 0.0310. The Hall–Kier alpha value is -5.49. The fraction of sp³-hybridized carbons (Fsp3) is 0.160. The molecule has 9 nitrogen and oxygen atoms in total. The van der Waals surface area contributed by atoms with E-state index in [0.717, 1.165) is 33.4 Å². The number of benzene rings is 6. The largest absolute Gasteiger partial charge is 0.432 e. The first kappa shape index (κ1) is 46.0. The van der Waals surface area contributed by atoms with E-state index in [1.165, 1.54) is 0 Å². The third-order valence-electron chi connectivity index (χ3n) is 10.3. The summed E-state index contributed by atoms with van der Waals surface area (Å²) in [4.78, 5) is 0. The topological polar surface area (TPSA) is 115 Å². The number of nitrogens with one attached hydrogen (secondary N) is 3. The van der Waals surface area contributed by atoms with Gasteiger partial charge in [0.25, 0.3) is 0 Å². The normalized spacial score (nSPS) is 15.0. The number of rotatable bonds is 24. The third kappa shape index (κ3) is 12.6. The van der Waals surface area contributed by atoms with Gasteiger partial charge in [-0.05, 0) is 76.7 Å². The van der Waals surface area contributed by atoms with E-state index in [9.17, 15) is 13.7 Å². The minimum Gasteiger partial charge on any atom is -0.432 e. The van der Waals surface area contributed by atoms with Gasteiger partial charge in [0.05, 0.1) is 18.5 Å². The van der Waals surface area contributed by atoms with E-state index in [4.69, 9.17) is 13.6 Å². The molecule has 6 aromatic carbocycles. The van der Waals surface area contributed by atoms with Crippen LogP contribution >= 0.6 is 22.6 Å². The highest BCUT2D eigenvalue weighted by Crippen LogP contribution is 2.48. The summed E-state index contributed by atoms with van der Waals surface area (Å²) in [6, 6.07) is 51.8. The molecule has 6 rings (SSSR count). The second-order valence-corrected chi connectivity index (χ2v) is 21.5. The van der Waals surface area contributed by atoms with Crippen molar-refractivity contribution in [1.82, 2.24) is 15.3 Å². The SMILES string of the molecule is C=CCP(=O)(NCc1ccccc1)Oc1ccc(C(C)(c2ccc(OP(=O)(CC=C)NCc3ccccc3)cc2)c2ccc(OP(=O)(CC=C)NCc3ccccc3)cc2)cc1. The molecule has 3 atom stereocenters. The highest BCUT2D eigenvalue weighted by atomic mass is 31.2. The molecule has 3 unspecified atom stereocenters. The fourth-order valence-corrected chi connectivity index (χ4v) is 11.4. The molecule has 3 N–H and O–H groups in total. The number of allylic oxidation sites excluding steroid dienone is 3. The lowest BCUT2D eigenvalue weighted by Gasteiger charge is -2.32. The van der Waals surface area contributed by atoms with Crippen molar-refractivity contribution in [2.75, 3.05) is 18.5 Å². The fourth-order valence-electron chi connectivity index (χ4n) is 6.89. The van der Waals surface area contributed by atoms with E-state index in [2.05, 4.69) is 41.9 Å². The molecule has 0 radical (unpaired) electrons. The second kappa shape index (κ2) is 21.5. The minimum absolute atomic E-state index is 0.144. The van der Waals surface area contributed by atoms with Crippen molar-refractivity contribution in [2.45, 2.75) is 32.0 Å². The Bertz CT molecular complexity index is 2240. The second-order valence-electron chi connectivity index (χ2n) is 14.9. The molecule has 62 heavy (non-hydrogen) atoms. The van der Waals surface area contributed by atoms with E-state index in [-0.39, 0.29) is 18.5 Å². The Balaban J connectivity index is 1.29. The van der Waals surface area contributed by atoms with Crippen LogP contribution in [0.25, 0.3) is 0 Å². The highest BCUT2D eigenvalue weighted by Gasteiger charge is 2.33. The summed E-state index contributed by atoms with van der Waals surface area (Å²) in [6.45, 7) is 14.7. The lowest BCUT2D eigenvalue weighted by molar-refractivity contribution is 0.468. The summed E-state index contributed by atoms with van der Waals surface area (Å²) >= 11 is 0. The molecule has 0 aliphatic carbocycles. The van der Waals surface area contributed by atoms with Crippen LogP contribution in [-0.4, -0.2) is 18.5 Å². The van der Waals surface area contributed by atoms with Gasteiger partial charge in [-0.25, -0.2) is 15.3 Å². The van der Waals surface area contributed by atoms with Crippen molar-refractivity contribution in [2.24, 2.45) is 0 Å². The van der Waals surface area contributed by atoms with E-state index in [1.807, 2.05) is 164 Å². The van der Waals surface area contributed by atoms with Crippen molar-refractivity contribution in [3.05, 3.63) is 235 Å². The van der Waals surface area contributed by atoms with Crippen LogP contribution in [0.2, 0.25) is 0 Å². The molecule has 0 amide bonds. The Morgan fingerprint density at radius 3 is 0.887 bits per heavy atom. The summed E-state index contributed by atoms with van der Waals surface area (Å²) in [6.07, 6.45) is 5.21. The molecule has 0 fully saturated rings. The zero-order valence-corrected chi connectivity index (χ0v) is 37.7. The van der Waals surface area contributed by atoms with Crippen LogP contribution in [0.15, 0.2) is 202 Å². The van der Waals surface area contributed by atoms with Crippen LogP contribution in [-0.2, 0) is 38.7 Å². The molecule has 0 saturated carbocycles. The van der Waals surface area contributed by atoms with Crippen LogP contribution in [0.3, 0.4) is 0 Å². The average Bonchev–Trinajstić information content (AvgIpc) is 3.29. The van der Waals surface area contributed by atoms with E-state index in [0.29, 0.717) is 36.9 Å². The van der Waals surface area contributed by atoms with Crippen molar-refractivity contribution in [3.8, 4) is 17.2 Å². The van der Waals surface area contributed by atoms with E-state index >= 15 is 0 Å². The van der Waals surface area contributed by atoms with Crippen molar-refractivity contribution < 1.29 is 27.3 Å². The van der Waals surface area contributed by atoms with Gasteiger partial charge in [0.15, 0.2) is 0 Å². The standard InChI is InChI=1S/C50H54N3O6P3/c1-5-35-60(54,51-38-41-17-11-8-12-18-41)57-47-29-23-44(24-30-47)50(4,45-25-31-48(32-26-45)58-61(55,36-6-2)52-39-42-19-13-9-14-20-42)46-27-33-49(34-28-46)59-62(56,37-7-3)53-40-43-21-15-10-16-22-43/h5-34H,1-3,35-40H2,4H3,(H,51,54)(H,52,55)(H,53,56). The van der Waals surface area contributed by atoms with E-state index < -0.39 is 28.0 Å². The van der Waals surface area contributed by atoms with Crippen LogP contribution in [0.1, 0.15) is 40.3 Å². The molecule has 320 valence electrons. The monoisotopic (exact) mass is 885 g/mol. The Morgan fingerprint density at radius 1 is 0.419 bits per heavy atom. The van der Waals surface area contributed by atoms with Crippen molar-refractivity contribution in [3.63, 3.8) is 0 Å². The van der Waals surface area contributed by atoms with Crippen molar-refractivity contribution in [1.29, 1.82) is 0 Å². The average molecular weight is 886 g/mol. The van der Waals surface area contributed by atoms with E-state index in [1.54, 1.807) is 18.2 Å². The summed E-state index contributed by atoms with van der Waals surface area (Å²) in [5, 5.41) is 9.38. The minimum atomic E-state index is -3.34. The third-order valence-corrected chi connectivity index (χ3v) is 15.9. The molecule has 0 saturated heterocycles. The molecule has 0 heterocycles. The Labute approximate surface area is 366 Å². The summed E-state index contributed by atoms with van der Waals surface area (Å²) < 4.78 is 60.4. The van der Waals surface area contributed by atoms with Crippen LogP contribution in [0.5, 0.6) is 17.2 Å². The smallest absolute Gasteiger partial charge is 0.320 e. The maximum Gasteiger partial charge on any atom is 0.320 e. The molecule has 6 aromatic rings. The first-order valence-electron chi connectivity index (χ1n) is 20.3. The van der Waals surface area contributed by atoms with Gasteiger partial charge in [-0.15, -0.1) is 19.7 Å². The maximum absolute atomic E-state index is 14.0. The van der Waals surface area contributed by atoms with Gasteiger partial charge in [0.1, 0.15) is 17.2 Å². The Kier molecular flexibility index (Phi) is 16.0. The molecular formula is C50H54N3O6P3. The van der Waals surface area contributed by atoms with Gasteiger partial charge in [-0.2, -0.15) is 0 Å². The van der Waals surface area contributed by atoms with Crippen LogP contribution < -0.4 is 28.8 Å². The highest BCUT2D eigenvalue weighted by molar-refractivity contribution is 7.58. The summed E-state index contributed by atoms with van der Waals surface area (Å²) in [5.74, 6) is 1.32. The Morgan fingerprint density at radius 2 is 0.661 bits per heavy atom. The van der Waals surface area contributed by atoms with Gasteiger partial charge in [-0.1, -0.05) is 146 Å². The molecule has 12 heteroatoms. The van der Waals surface area contributed by atoms with Gasteiger partial charge in [0.2, 0.25) is 0 Å². The number of hydrogen-bond donors (Lipinski definition) is 3. The first-order valence-corrected chi connectivity index (χ1v) is 25.8. The first-order chi connectivity index (χ1) is 30.0. The van der Waals surface area contributed by atoms with Gasteiger partial charge in [-0.3, -0.25) is 13.7 Å². The predicted octanol–water partition coefficient (Wildman–Crippen LogP) is 12.7. The van der Waals surface area contributed by atoms with Gasteiger partial charge >= 0.3 is 22.6 Å². The molecule has 0 bridgehead atoms. The molecule has 0 aliphatic heterocycles. The lowest BCUT2D eigenvalue weighted by atomic mass is 9.71. The van der Waals surface area contributed by atoms with Crippen molar-refractivity contribution >= 4 is 22.6 Å². The number of hydrogen-bond acceptors (Lipinski definition) is 6. The van der Waals surface area contributed by atoms with Crippen LogP contribution in [0.4, 0.5) is 0 Å². The molecule has 0 aliphatic rings. The molecule has 0 spiro atoms. The van der Waals surface area contributed by atoms with Crippen LogP contribution in [0, 0.1) is 0 Å². The molecule has 0 aromatic heterocycles. The predicted molar refractivity (Wildman–Crippen MR) is 255 cm³/mol. The summed E-state index contributed by atoms with van der Waals surface area (Å²) in [7, 11) is -10.0. The zero-order chi connectivity index (χ0) is 43.9. The zero-order valence-electron chi connectivity index (χ0n) is 35.0. The maximum atomic E-state index is 14.0. The van der Waals surface area contributed by atoms with Gasteiger partial charge in [0, 0.05) is 25.0 Å². The molecular weight excluding hydrogens is 831 g/mol. The van der Waals surface area contributed by atoms with Gasteiger partial charge < -0.3 is 13.6 Å². The summed E-state index contributed by atoms with van der Waals surface area (Å²) in [5.41, 5.74) is 4.92. The lowest BCUT2D eigenvalue weighted by Crippen LogP contribution is -2.25.